The third-order valence-electron chi connectivity index (χ3n) is 10.5. The van der Waals surface area contributed by atoms with Gasteiger partial charge < -0.3 is 24.1 Å². The Hall–Kier alpha value is -1.22. The molecule has 8 heteroatoms. The average Bonchev–Trinajstić information content (AvgIpc) is 3.52. The Balaban J connectivity index is 2.38. The van der Waals surface area contributed by atoms with Crippen molar-refractivity contribution in [3.8, 4) is 0 Å². The van der Waals surface area contributed by atoms with Crippen LogP contribution in [0.1, 0.15) is 188 Å². The van der Waals surface area contributed by atoms with Gasteiger partial charge in [0.15, 0.2) is 0 Å². The molecule has 1 fully saturated rings. The summed E-state index contributed by atoms with van der Waals surface area (Å²) in [6.07, 6.45) is 26.5. The molecule has 0 aromatic heterocycles. The second-order valence-corrected chi connectivity index (χ2v) is 15.4. The van der Waals surface area contributed by atoms with E-state index in [1.807, 2.05) is 0 Å². The lowest BCUT2D eigenvalue weighted by Gasteiger charge is -2.20. The molecule has 1 aliphatic heterocycles. The fraction of sp³-hybridized carbons (Fsp3) is 0.953. The first-order valence-corrected chi connectivity index (χ1v) is 21.8. The molecule has 4 atom stereocenters. The summed E-state index contributed by atoms with van der Waals surface area (Å²) < 4.78 is 24.1. The summed E-state index contributed by atoms with van der Waals surface area (Å²) in [7, 11) is 0. The Labute approximate surface area is 314 Å². The number of hydrogen-bond donors (Lipinski definition) is 1. The van der Waals surface area contributed by atoms with E-state index in [4.69, 9.17) is 24.1 Å². The van der Waals surface area contributed by atoms with Gasteiger partial charge in [0.2, 0.25) is 0 Å². The maximum absolute atomic E-state index is 12.5. The fourth-order valence-corrected chi connectivity index (χ4v) is 7.05. The Morgan fingerprint density at radius 1 is 0.549 bits per heavy atom. The summed E-state index contributed by atoms with van der Waals surface area (Å²) in [5, 5.41) is 9.15. The van der Waals surface area contributed by atoms with Crippen molar-refractivity contribution in [2.24, 2.45) is 11.8 Å². The van der Waals surface area contributed by atoms with Gasteiger partial charge in [-0.1, -0.05) is 105 Å². The summed E-state index contributed by atoms with van der Waals surface area (Å²) in [5.74, 6) is 0.825. The molecular weight excluding hydrogens is 642 g/mol. The van der Waals surface area contributed by atoms with Gasteiger partial charge in [-0.2, -0.15) is 0 Å². The number of carbonyl (C=O) groups excluding carboxylic acids is 2. The van der Waals surface area contributed by atoms with Crippen molar-refractivity contribution in [3.63, 3.8) is 0 Å². The van der Waals surface area contributed by atoms with E-state index in [1.165, 1.54) is 77.0 Å². The molecule has 1 N–H and O–H groups in total. The van der Waals surface area contributed by atoms with Gasteiger partial charge in [0.25, 0.3) is 0 Å². The van der Waals surface area contributed by atoms with Crippen LogP contribution < -0.4 is 0 Å². The number of rotatable bonds is 37. The minimum absolute atomic E-state index is 0.00386. The van der Waals surface area contributed by atoms with Crippen LogP contribution >= 0.6 is 0 Å². The number of hydrogen-bond acceptors (Lipinski definition) is 8. The monoisotopic (exact) mass is 726 g/mol. The molecule has 0 amide bonds. The molecule has 1 aliphatic rings. The van der Waals surface area contributed by atoms with Gasteiger partial charge in [0.1, 0.15) is 0 Å². The first-order chi connectivity index (χ1) is 25.0. The molecule has 0 spiro atoms. The predicted octanol–water partition coefficient (Wildman–Crippen LogP) is 10.2. The van der Waals surface area contributed by atoms with Crippen LogP contribution in [0.2, 0.25) is 0 Å². The van der Waals surface area contributed by atoms with E-state index in [0.29, 0.717) is 51.1 Å². The van der Waals surface area contributed by atoms with Gasteiger partial charge in [0.05, 0.1) is 25.4 Å². The van der Waals surface area contributed by atoms with Gasteiger partial charge in [0, 0.05) is 45.8 Å². The molecule has 0 aromatic rings. The molecule has 0 aliphatic carbocycles. The third kappa shape index (κ3) is 27.1. The lowest BCUT2D eigenvalue weighted by molar-refractivity contribution is -0.146. The van der Waals surface area contributed by atoms with Crippen LogP contribution in [0.25, 0.3) is 0 Å². The smallest absolute Gasteiger partial charge is 0.305 e. The molecule has 0 saturated carbocycles. The van der Waals surface area contributed by atoms with Crippen molar-refractivity contribution in [1.29, 1.82) is 0 Å². The van der Waals surface area contributed by atoms with Crippen molar-refractivity contribution < 1.29 is 33.6 Å². The highest BCUT2D eigenvalue weighted by Crippen LogP contribution is 2.21. The molecular formula is C43H83NO7. The van der Waals surface area contributed by atoms with Gasteiger partial charge in [-0.3, -0.25) is 14.5 Å². The number of nitrogens with zero attached hydrogens (tertiary/aromatic N) is 1. The molecule has 1 rings (SSSR count). The SMILES string of the molecule is CCCCCCC(CCCC)COC(=O)CCCCO[C@H]1CN(CCCCCO)C[C@H]1OCCCCC(=O)OCC(CCCC)CCCCCC. The Morgan fingerprint density at radius 2 is 0.980 bits per heavy atom. The maximum atomic E-state index is 12.5. The predicted molar refractivity (Wildman–Crippen MR) is 210 cm³/mol. The first kappa shape index (κ1) is 47.8. The highest BCUT2D eigenvalue weighted by molar-refractivity contribution is 5.69. The highest BCUT2D eigenvalue weighted by atomic mass is 16.5. The molecule has 1 saturated heterocycles. The van der Waals surface area contributed by atoms with E-state index in [-0.39, 0.29) is 30.8 Å². The van der Waals surface area contributed by atoms with Gasteiger partial charge in [-0.15, -0.1) is 0 Å². The van der Waals surface area contributed by atoms with Crippen molar-refractivity contribution >= 4 is 11.9 Å². The number of aliphatic hydroxyl groups excluding tert-OH is 1. The van der Waals surface area contributed by atoms with E-state index >= 15 is 0 Å². The molecule has 51 heavy (non-hydrogen) atoms. The lowest BCUT2D eigenvalue weighted by atomic mass is 9.96. The van der Waals surface area contributed by atoms with Crippen LogP contribution in [-0.2, 0) is 28.5 Å². The fourth-order valence-electron chi connectivity index (χ4n) is 7.05. The second kappa shape index (κ2) is 34.5. The van der Waals surface area contributed by atoms with Crippen molar-refractivity contribution in [2.75, 3.05) is 52.7 Å². The summed E-state index contributed by atoms with van der Waals surface area (Å²) in [6, 6.07) is 0. The van der Waals surface area contributed by atoms with Gasteiger partial charge in [-0.25, -0.2) is 0 Å². The number of unbranched alkanes of at least 4 members (excludes halogenated alkanes) is 12. The average molecular weight is 726 g/mol. The summed E-state index contributed by atoms with van der Waals surface area (Å²) in [6.45, 7) is 14.2. The molecule has 8 nitrogen and oxygen atoms in total. The van der Waals surface area contributed by atoms with E-state index in [9.17, 15) is 9.59 Å². The maximum Gasteiger partial charge on any atom is 0.305 e. The molecule has 1 heterocycles. The molecule has 302 valence electrons. The molecule has 2 unspecified atom stereocenters. The normalized spacial score (nSPS) is 17.5. The van der Waals surface area contributed by atoms with Crippen molar-refractivity contribution in [1.82, 2.24) is 4.90 Å². The zero-order chi connectivity index (χ0) is 37.2. The Morgan fingerprint density at radius 3 is 1.41 bits per heavy atom. The number of aliphatic hydroxyl groups is 1. The topological polar surface area (TPSA) is 94.5 Å². The van der Waals surface area contributed by atoms with Crippen LogP contribution in [0.3, 0.4) is 0 Å². The van der Waals surface area contributed by atoms with Crippen molar-refractivity contribution in [3.05, 3.63) is 0 Å². The zero-order valence-corrected chi connectivity index (χ0v) is 34.0. The zero-order valence-electron chi connectivity index (χ0n) is 34.0. The van der Waals surface area contributed by atoms with Crippen LogP contribution in [-0.4, -0.2) is 86.8 Å². The van der Waals surface area contributed by atoms with Crippen LogP contribution in [0.15, 0.2) is 0 Å². The number of ether oxygens (including phenoxy) is 4. The van der Waals surface area contributed by atoms with E-state index in [2.05, 4.69) is 32.6 Å². The van der Waals surface area contributed by atoms with Crippen LogP contribution in [0.4, 0.5) is 0 Å². The Kier molecular flexibility index (Phi) is 32.4. The van der Waals surface area contributed by atoms with E-state index in [0.717, 1.165) is 90.3 Å². The number of carbonyl (C=O) groups is 2. The minimum atomic E-state index is -0.0798. The third-order valence-corrected chi connectivity index (χ3v) is 10.5. The second-order valence-electron chi connectivity index (χ2n) is 15.4. The standard InChI is InChI=1S/C43H83NO7/c1-5-9-13-16-26-38(24-11-7-3)36-50-42(46)28-18-22-32-48-40-34-44(30-20-15-21-31-45)35-41(40)49-33-23-19-29-43(47)51-37-39(25-12-8-4)27-17-14-10-6-2/h38-41,45H,5-37H2,1-4H3/t38?,39?,40-,41+. The van der Waals surface area contributed by atoms with E-state index < -0.39 is 0 Å². The van der Waals surface area contributed by atoms with Crippen LogP contribution in [0.5, 0.6) is 0 Å². The molecule has 0 radical (unpaired) electrons. The summed E-state index contributed by atoms with van der Waals surface area (Å²) >= 11 is 0. The van der Waals surface area contributed by atoms with E-state index in [1.54, 1.807) is 0 Å². The largest absolute Gasteiger partial charge is 0.465 e. The Bertz CT molecular complexity index is 738. The summed E-state index contributed by atoms with van der Waals surface area (Å²) in [4.78, 5) is 27.4. The van der Waals surface area contributed by atoms with Gasteiger partial charge in [-0.05, 0) is 89.0 Å². The summed E-state index contributed by atoms with van der Waals surface area (Å²) in [5.41, 5.74) is 0. The first-order valence-electron chi connectivity index (χ1n) is 21.8. The minimum Gasteiger partial charge on any atom is -0.465 e. The van der Waals surface area contributed by atoms with Gasteiger partial charge >= 0.3 is 11.9 Å². The van der Waals surface area contributed by atoms with Crippen LogP contribution in [0, 0.1) is 11.8 Å². The van der Waals surface area contributed by atoms with Crippen molar-refractivity contribution in [2.45, 2.75) is 200 Å². The quantitative estimate of drug-likeness (QED) is 0.0500. The number of likely N-dealkylation sites (tertiary alicyclic amines) is 1. The lowest BCUT2D eigenvalue weighted by Crippen LogP contribution is -2.30. The molecule has 0 aromatic carbocycles. The highest BCUT2D eigenvalue weighted by Gasteiger charge is 2.34. The number of esters is 2. The molecule has 0 bridgehead atoms.